The number of guanidine groups is 1. The normalized spacial score (nSPS) is 18.3. The van der Waals surface area contributed by atoms with E-state index in [9.17, 15) is 0 Å². The molecular formula is C17H28N4. The Morgan fingerprint density at radius 1 is 1.24 bits per heavy atom. The molecule has 0 fully saturated rings. The Morgan fingerprint density at radius 3 is 2.62 bits per heavy atom. The Morgan fingerprint density at radius 2 is 1.95 bits per heavy atom. The summed E-state index contributed by atoms with van der Waals surface area (Å²) in [5, 5.41) is 0. The van der Waals surface area contributed by atoms with E-state index in [1.54, 1.807) is 0 Å². The molecule has 1 aliphatic rings. The standard InChI is InChI=1S/C17H28N4/c1-3-20(4-2)12-13-21-16(14-19-17(21)18)11-10-15-8-6-5-7-9-15/h5-9,16H,3-4,10-14H2,1-2H3,(H2,18,19). The summed E-state index contributed by atoms with van der Waals surface area (Å²) in [6, 6.07) is 11.1. The average Bonchev–Trinajstić information content (AvgIpc) is 2.88. The van der Waals surface area contributed by atoms with E-state index in [1.165, 1.54) is 5.56 Å². The Labute approximate surface area is 128 Å². The van der Waals surface area contributed by atoms with E-state index in [2.05, 4.69) is 59.0 Å². The third-order valence-electron chi connectivity index (χ3n) is 4.36. The number of nitrogens with two attached hydrogens (primary N) is 1. The van der Waals surface area contributed by atoms with Gasteiger partial charge in [-0.2, -0.15) is 0 Å². The summed E-state index contributed by atoms with van der Waals surface area (Å²) in [6.45, 7) is 9.49. The van der Waals surface area contributed by atoms with Crippen LogP contribution in [-0.2, 0) is 6.42 Å². The molecule has 0 spiro atoms. The summed E-state index contributed by atoms with van der Waals surface area (Å²) in [4.78, 5) is 9.17. The smallest absolute Gasteiger partial charge is 0.191 e. The van der Waals surface area contributed by atoms with Gasteiger partial charge in [-0.05, 0) is 31.5 Å². The van der Waals surface area contributed by atoms with Crippen LogP contribution in [0.25, 0.3) is 0 Å². The van der Waals surface area contributed by atoms with Gasteiger partial charge in [0.05, 0.1) is 12.6 Å². The van der Waals surface area contributed by atoms with E-state index in [-0.39, 0.29) is 0 Å². The second kappa shape index (κ2) is 8.03. The molecule has 116 valence electrons. The number of aliphatic imine (C=N–C) groups is 1. The highest BCUT2D eigenvalue weighted by Crippen LogP contribution is 2.15. The van der Waals surface area contributed by atoms with Gasteiger partial charge in [0.2, 0.25) is 0 Å². The van der Waals surface area contributed by atoms with Crippen molar-refractivity contribution in [3.05, 3.63) is 35.9 Å². The highest BCUT2D eigenvalue weighted by Gasteiger charge is 2.25. The lowest BCUT2D eigenvalue weighted by atomic mass is 10.0. The average molecular weight is 288 g/mol. The van der Waals surface area contributed by atoms with Crippen LogP contribution in [0.4, 0.5) is 0 Å². The number of hydrogen-bond acceptors (Lipinski definition) is 4. The van der Waals surface area contributed by atoms with E-state index < -0.39 is 0 Å². The number of benzene rings is 1. The van der Waals surface area contributed by atoms with Crippen LogP contribution >= 0.6 is 0 Å². The third-order valence-corrected chi connectivity index (χ3v) is 4.36. The van der Waals surface area contributed by atoms with E-state index >= 15 is 0 Å². The van der Waals surface area contributed by atoms with E-state index in [0.717, 1.165) is 51.5 Å². The monoisotopic (exact) mass is 288 g/mol. The molecule has 2 N–H and O–H groups in total. The van der Waals surface area contributed by atoms with Crippen LogP contribution in [0.5, 0.6) is 0 Å². The van der Waals surface area contributed by atoms with Crippen molar-refractivity contribution < 1.29 is 0 Å². The second-order valence-electron chi connectivity index (χ2n) is 5.60. The minimum atomic E-state index is 0.459. The molecular weight excluding hydrogens is 260 g/mol. The lowest BCUT2D eigenvalue weighted by Gasteiger charge is -2.29. The fraction of sp³-hybridized carbons (Fsp3) is 0.588. The van der Waals surface area contributed by atoms with Crippen molar-refractivity contribution in [2.75, 3.05) is 32.7 Å². The molecule has 21 heavy (non-hydrogen) atoms. The van der Waals surface area contributed by atoms with Crippen LogP contribution in [0.15, 0.2) is 35.3 Å². The summed E-state index contributed by atoms with van der Waals surface area (Å²) >= 11 is 0. The molecule has 1 aromatic carbocycles. The summed E-state index contributed by atoms with van der Waals surface area (Å²) < 4.78 is 0. The molecule has 4 nitrogen and oxygen atoms in total. The highest BCUT2D eigenvalue weighted by atomic mass is 15.3. The maximum Gasteiger partial charge on any atom is 0.191 e. The van der Waals surface area contributed by atoms with Crippen molar-refractivity contribution in [2.45, 2.75) is 32.7 Å². The van der Waals surface area contributed by atoms with Gasteiger partial charge in [0.1, 0.15) is 0 Å². The van der Waals surface area contributed by atoms with Gasteiger partial charge >= 0.3 is 0 Å². The first-order chi connectivity index (χ1) is 10.2. The molecule has 1 aliphatic heterocycles. The lowest BCUT2D eigenvalue weighted by molar-refractivity contribution is 0.242. The van der Waals surface area contributed by atoms with E-state index in [0.29, 0.717) is 6.04 Å². The van der Waals surface area contributed by atoms with Crippen LogP contribution in [-0.4, -0.2) is 54.5 Å². The fourth-order valence-electron chi connectivity index (χ4n) is 2.89. The second-order valence-corrected chi connectivity index (χ2v) is 5.60. The first-order valence-electron chi connectivity index (χ1n) is 8.07. The van der Waals surface area contributed by atoms with Gasteiger partial charge in [0.25, 0.3) is 0 Å². The van der Waals surface area contributed by atoms with Crippen LogP contribution in [0.3, 0.4) is 0 Å². The summed E-state index contributed by atoms with van der Waals surface area (Å²) in [6.07, 6.45) is 2.21. The molecule has 4 heteroatoms. The molecule has 0 radical (unpaired) electrons. The summed E-state index contributed by atoms with van der Waals surface area (Å²) in [5.74, 6) is 0.722. The van der Waals surface area contributed by atoms with Gasteiger partial charge in [-0.3, -0.25) is 4.99 Å². The van der Waals surface area contributed by atoms with Gasteiger partial charge in [-0.15, -0.1) is 0 Å². The van der Waals surface area contributed by atoms with Crippen LogP contribution in [0.1, 0.15) is 25.8 Å². The van der Waals surface area contributed by atoms with Gasteiger partial charge in [-0.1, -0.05) is 44.2 Å². The largest absolute Gasteiger partial charge is 0.370 e. The van der Waals surface area contributed by atoms with Crippen molar-refractivity contribution in [1.82, 2.24) is 9.80 Å². The molecule has 0 amide bonds. The quantitative estimate of drug-likeness (QED) is 0.795. The van der Waals surface area contributed by atoms with E-state index in [1.807, 2.05) is 0 Å². The zero-order chi connectivity index (χ0) is 15.1. The molecule has 0 aromatic heterocycles. The number of rotatable bonds is 8. The predicted octanol–water partition coefficient (Wildman–Crippen LogP) is 1.96. The van der Waals surface area contributed by atoms with Crippen molar-refractivity contribution in [3.8, 4) is 0 Å². The number of hydrogen-bond donors (Lipinski definition) is 1. The van der Waals surface area contributed by atoms with Crippen molar-refractivity contribution in [2.24, 2.45) is 10.7 Å². The Balaban J connectivity index is 1.84. The van der Waals surface area contributed by atoms with Crippen LogP contribution in [0.2, 0.25) is 0 Å². The molecule has 0 aliphatic carbocycles. The maximum absolute atomic E-state index is 6.06. The van der Waals surface area contributed by atoms with Gasteiger partial charge < -0.3 is 15.5 Å². The minimum Gasteiger partial charge on any atom is -0.370 e. The Hall–Kier alpha value is -1.55. The van der Waals surface area contributed by atoms with Gasteiger partial charge in [-0.25, -0.2) is 0 Å². The molecule has 1 atom stereocenters. The molecule has 1 heterocycles. The molecule has 1 unspecified atom stereocenters. The van der Waals surface area contributed by atoms with Gasteiger partial charge in [0.15, 0.2) is 5.96 Å². The summed E-state index contributed by atoms with van der Waals surface area (Å²) in [5.41, 5.74) is 7.46. The predicted molar refractivity (Wildman–Crippen MR) is 89.5 cm³/mol. The van der Waals surface area contributed by atoms with E-state index in [4.69, 9.17) is 5.73 Å². The molecule has 0 bridgehead atoms. The number of likely N-dealkylation sites (N-methyl/N-ethyl adjacent to an activating group) is 1. The SMILES string of the molecule is CCN(CC)CCN1C(N)=NCC1CCc1ccccc1. The Kier molecular flexibility index (Phi) is 6.05. The molecule has 2 rings (SSSR count). The fourth-order valence-corrected chi connectivity index (χ4v) is 2.89. The molecule has 0 saturated carbocycles. The molecule has 1 aromatic rings. The summed E-state index contributed by atoms with van der Waals surface area (Å²) in [7, 11) is 0. The maximum atomic E-state index is 6.06. The molecule has 0 saturated heterocycles. The van der Waals surface area contributed by atoms with Crippen molar-refractivity contribution in [3.63, 3.8) is 0 Å². The first kappa shape index (κ1) is 15.8. The zero-order valence-electron chi connectivity index (χ0n) is 13.3. The Bertz CT molecular complexity index is 439. The van der Waals surface area contributed by atoms with Crippen LogP contribution in [0, 0.1) is 0 Å². The zero-order valence-corrected chi connectivity index (χ0v) is 13.3. The number of aryl methyl sites for hydroxylation is 1. The lowest BCUT2D eigenvalue weighted by Crippen LogP contribution is -2.45. The minimum absolute atomic E-state index is 0.459. The van der Waals surface area contributed by atoms with Crippen molar-refractivity contribution >= 4 is 5.96 Å². The third kappa shape index (κ3) is 4.46. The highest BCUT2D eigenvalue weighted by molar-refractivity contribution is 5.80. The number of nitrogens with zero attached hydrogens (tertiary/aromatic N) is 3. The van der Waals surface area contributed by atoms with Crippen molar-refractivity contribution in [1.29, 1.82) is 0 Å². The topological polar surface area (TPSA) is 44.9 Å². The first-order valence-corrected chi connectivity index (χ1v) is 8.07. The van der Waals surface area contributed by atoms with Crippen LogP contribution < -0.4 is 5.73 Å². The van der Waals surface area contributed by atoms with Gasteiger partial charge in [0, 0.05) is 13.1 Å².